The van der Waals surface area contributed by atoms with Crippen LogP contribution in [0.1, 0.15) is 31.0 Å². The standard InChI is InChI=1S/C19H25N3OS/c1-2-3-7-17-13-18(23)21-19(20-17)16-6-4-5-15(12-16)14-22-8-10-24-11-9-22/h4-6,12-13H,2-3,7-11,14H2,1H3,(H,20,21,23). The second-order valence-electron chi connectivity index (χ2n) is 6.28. The van der Waals surface area contributed by atoms with Crippen molar-refractivity contribution in [2.75, 3.05) is 24.6 Å². The summed E-state index contributed by atoms with van der Waals surface area (Å²) in [4.78, 5) is 22.0. The van der Waals surface area contributed by atoms with E-state index in [9.17, 15) is 4.79 Å². The van der Waals surface area contributed by atoms with E-state index in [0.29, 0.717) is 5.82 Å². The highest BCUT2D eigenvalue weighted by Crippen LogP contribution is 2.19. The predicted molar refractivity (Wildman–Crippen MR) is 102 cm³/mol. The molecule has 1 aromatic carbocycles. The Labute approximate surface area is 147 Å². The number of aromatic nitrogens is 2. The van der Waals surface area contributed by atoms with Gasteiger partial charge in [-0.1, -0.05) is 31.5 Å². The summed E-state index contributed by atoms with van der Waals surface area (Å²) in [6.45, 7) is 5.41. The molecule has 1 aromatic heterocycles. The largest absolute Gasteiger partial charge is 0.307 e. The molecule has 0 spiro atoms. The molecule has 128 valence electrons. The van der Waals surface area contributed by atoms with Gasteiger partial charge in [0, 0.05) is 48.5 Å². The van der Waals surface area contributed by atoms with Crippen molar-refractivity contribution >= 4 is 11.8 Å². The number of rotatable bonds is 6. The van der Waals surface area contributed by atoms with Crippen LogP contribution in [0.3, 0.4) is 0 Å². The van der Waals surface area contributed by atoms with E-state index in [1.165, 1.54) is 17.1 Å². The summed E-state index contributed by atoms with van der Waals surface area (Å²) < 4.78 is 0. The van der Waals surface area contributed by atoms with E-state index in [4.69, 9.17) is 0 Å². The summed E-state index contributed by atoms with van der Waals surface area (Å²) in [7, 11) is 0. The average molecular weight is 343 g/mol. The van der Waals surface area contributed by atoms with Crippen LogP contribution >= 0.6 is 11.8 Å². The quantitative estimate of drug-likeness (QED) is 0.874. The average Bonchev–Trinajstić information content (AvgIpc) is 2.61. The molecule has 2 aromatic rings. The van der Waals surface area contributed by atoms with Crippen LogP contribution in [0.5, 0.6) is 0 Å². The second-order valence-corrected chi connectivity index (χ2v) is 7.50. The van der Waals surface area contributed by atoms with Gasteiger partial charge in [0.05, 0.1) is 0 Å². The molecule has 0 bridgehead atoms. The molecule has 0 radical (unpaired) electrons. The van der Waals surface area contributed by atoms with Crippen molar-refractivity contribution in [3.8, 4) is 11.4 Å². The van der Waals surface area contributed by atoms with Gasteiger partial charge in [0.15, 0.2) is 0 Å². The Morgan fingerprint density at radius 1 is 1.25 bits per heavy atom. The van der Waals surface area contributed by atoms with Gasteiger partial charge in [-0.2, -0.15) is 11.8 Å². The van der Waals surface area contributed by atoms with Crippen LogP contribution in [0, 0.1) is 0 Å². The smallest absolute Gasteiger partial charge is 0.251 e. The molecule has 3 rings (SSSR count). The summed E-state index contributed by atoms with van der Waals surface area (Å²) >= 11 is 2.03. The number of unbranched alkanes of at least 4 members (excludes halogenated alkanes) is 1. The third-order valence-electron chi connectivity index (χ3n) is 4.29. The van der Waals surface area contributed by atoms with Gasteiger partial charge in [-0.25, -0.2) is 4.98 Å². The number of hydrogen-bond donors (Lipinski definition) is 1. The highest BCUT2D eigenvalue weighted by atomic mass is 32.2. The number of H-pyrrole nitrogens is 1. The fourth-order valence-electron chi connectivity index (χ4n) is 2.97. The third kappa shape index (κ3) is 4.71. The van der Waals surface area contributed by atoms with Crippen molar-refractivity contribution in [2.24, 2.45) is 0 Å². The highest BCUT2D eigenvalue weighted by Gasteiger charge is 2.11. The van der Waals surface area contributed by atoms with Gasteiger partial charge in [0.25, 0.3) is 5.56 Å². The zero-order valence-electron chi connectivity index (χ0n) is 14.3. The van der Waals surface area contributed by atoms with Crippen LogP contribution in [-0.4, -0.2) is 39.5 Å². The molecule has 5 heteroatoms. The first-order valence-electron chi connectivity index (χ1n) is 8.74. The molecule has 1 fully saturated rings. The fourth-order valence-corrected chi connectivity index (χ4v) is 3.94. The Hall–Kier alpha value is -1.59. The summed E-state index contributed by atoms with van der Waals surface area (Å²) in [6, 6.07) is 10.0. The first kappa shape index (κ1) is 17.2. The minimum atomic E-state index is -0.0652. The molecule has 1 N–H and O–H groups in total. The molecular formula is C19H25N3OS. The van der Waals surface area contributed by atoms with Crippen LogP contribution in [-0.2, 0) is 13.0 Å². The maximum atomic E-state index is 11.9. The van der Waals surface area contributed by atoms with Crippen molar-refractivity contribution in [3.63, 3.8) is 0 Å². The molecule has 24 heavy (non-hydrogen) atoms. The lowest BCUT2D eigenvalue weighted by molar-refractivity contribution is 0.294. The monoisotopic (exact) mass is 343 g/mol. The molecule has 1 aliphatic rings. The second kappa shape index (κ2) is 8.49. The lowest BCUT2D eigenvalue weighted by Crippen LogP contribution is -2.31. The molecule has 0 aliphatic carbocycles. The van der Waals surface area contributed by atoms with Gasteiger partial charge >= 0.3 is 0 Å². The van der Waals surface area contributed by atoms with Gasteiger partial charge < -0.3 is 4.98 Å². The zero-order valence-corrected chi connectivity index (χ0v) is 15.1. The van der Waals surface area contributed by atoms with E-state index in [2.05, 4.69) is 40.0 Å². The molecule has 1 saturated heterocycles. The van der Waals surface area contributed by atoms with E-state index >= 15 is 0 Å². The van der Waals surface area contributed by atoms with Crippen molar-refractivity contribution in [1.29, 1.82) is 0 Å². The Balaban J connectivity index is 1.80. The van der Waals surface area contributed by atoms with E-state index in [1.54, 1.807) is 6.07 Å². The Morgan fingerprint density at radius 2 is 2.08 bits per heavy atom. The van der Waals surface area contributed by atoms with Crippen LogP contribution in [0.15, 0.2) is 35.1 Å². The first-order valence-corrected chi connectivity index (χ1v) is 9.90. The summed E-state index contributed by atoms with van der Waals surface area (Å²) in [5.74, 6) is 3.12. The first-order chi connectivity index (χ1) is 11.7. The molecule has 4 nitrogen and oxygen atoms in total. The minimum Gasteiger partial charge on any atom is -0.307 e. The molecule has 0 atom stereocenters. The molecular weight excluding hydrogens is 318 g/mol. The van der Waals surface area contributed by atoms with Gasteiger partial charge in [-0.15, -0.1) is 0 Å². The van der Waals surface area contributed by atoms with E-state index < -0.39 is 0 Å². The van der Waals surface area contributed by atoms with Crippen molar-refractivity contribution in [2.45, 2.75) is 32.7 Å². The van der Waals surface area contributed by atoms with Gasteiger partial charge in [-0.3, -0.25) is 9.69 Å². The summed E-state index contributed by atoms with van der Waals surface area (Å²) in [5, 5.41) is 0. The normalized spacial score (nSPS) is 15.5. The van der Waals surface area contributed by atoms with Gasteiger partial charge in [-0.05, 0) is 24.5 Å². The number of nitrogens with one attached hydrogen (secondary N) is 1. The third-order valence-corrected chi connectivity index (χ3v) is 5.23. The number of thioether (sulfide) groups is 1. The summed E-state index contributed by atoms with van der Waals surface area (Å²) in [5.41, 5.74) is 3.09. The zero-order chi connectivity index (χ0) is 16.8. The van der Waals surface area contributed by atoms with Crippen molar-refractivity contribution in [3.05, 3.63) is 51.9 Å². The molecule has 0 saturated carbocycles. The Kier molecular flexibility index (Phi) is 6.10. The minimum absolute atomic E-state index is 0.0652. The fraction of sp³-hybridized carbons (Fsp3) is 0.474. The Morgan fingerprint density at radius 3 is 2.88 bits per heavy atom. The van der Waals surface area contributed by atoms with Crippen LogP contribution < -0.4 is 5.56 Å². The van der Waals surface area contributed by atoms with E-state index in [0.717, 1.165) is 50.2 Å². The van der Waals surface area contributed by atoms with E-state index in [-0.39, 0.29) is 5.56 Å². The van der Waals surface area contributed by atoms with Gasteiger partial charge in [0.2, 0.25) is 0 Å². The predicted octanol–water partition coefficient (Wildman–Crippen LogP) is 3.33. The topological polar surface area (TPSA) is 49.0 Å². The lowest BCUT2D eigenvalue weighted by Gasteiger charge is -2.26. The van der Waals surface area contributed by atoms with Crippen molar-refractivity contribution in [1.82, 2.24) is 14.9 Å². The van der Waals surface area contributed by atoms with Gasteiger partial charge in [0.1, 0.15) is 5.82 Å². The Bertz CT molecular complexity index is 723. The van der Waals surface area contributed by atoms with Crippen molar-refractivity contribution < 1.29 is 0 Å². The maximum absolute atomic E-state index is 11.9. The number of aromatic amines is 1. The molecule has 2 heterocycles. The maximum Gasteiger partial charge on any atom is 0.251 e. The number of benzene rings is 1. The van der Waals surface area contributed by atoms with Crippen LogP contribution in [0.25, 0.3) is 11.4 Å². The lowest BCUT2D eigenvalue weighted by atomic mass is 10.1. The number of hydrogen-bond acceptors (Lipinski definition) is 4. The molecule has 0 unspecified atom stereocenters. The van der Waals surface area contributed by atoms with E-state index in [1.807, 2.05) is 17.8 Å². The summed E-state index contributed by atoms with van der Waals surface area (Å²) in [6.07, 6.45) is 3.02. The highest BCUT2D eigenvalue weighted by molar-refractivity contribution is 7.99. The number of nitrogens with zero attached hydrogens (tertiary/aromatic N) is 2. The SMILES string of the molecule is CCCCc1cc(=O)[nH]c(-c2cccc(CN3CCSCC3)c2)n1. The molecule has 1 aliphatic heterocycles. The van der Waals surface area contributed by atoms with Crippen LogP contribution in [0.2, 0.25) is 0 Å². The number of aryl methyl sites for hydroxylation is 1. The molecule has 0 amide bonds. The van der Waals surface area contributed by atoms with Crippen LogP contribution in [0.4, 0.5) is 0 Å².